The molecular formula is C19H33N5. The van der Waals surface area contributed by atoms with Gasteiger partial charge in [0.25, 0.3) is 0 Å². The van der Waals surface area contributed by atoms with Crippen LogP contribution in [0.2, 0.25) is 0 Å². The third kappa shape index (κ3) is 5.71. The Kier molecular flexibility index (Phi) is 7.89. The average molecular weight is 332 g/mol. The maximum absolute atomic E-state index is 4.37. The SMILES string of the molecule is CCN(CC)CCCNC(=NC)NC1CCN(c2ccccc2)C1. The van der Waals surface area contributed by atoms with E-state index in [1.165, 1.54) is 5.69 Å². The fraction of sp³-hybridized carbons (Fsp3) is 0.632. The van der Waals surface area contributed by atoms with Gasteiger partial charge < -0.3 is 20.4 Å². The summed E-state index contributed by atoms with van der Waals surface area (Å²) in [5, 5.41) is 7.01. The van der Waals surface area contributed by atoms with E-state index in [0.29, 0.717) is 6.04 Å². The molecule has 1 aliphatic rings. The zero-order valence-electron chi connectivity index (χ0n) is 15.5. The summed E-state index contributed by atoms with van der Waals surface area (Å²) in [5.41, 5.74) is 1.31. The van der Waals surface area contributed by atoms with Crippen LogP contribution in [0.1, 0.15) is 26.7 Å². The molecule has 0 aromatic heterocycles. The average Bonchev–Trinajstić information content (AvgIpc) is 3.10. The summed E-state index contributed by atoms with van der Waals surface area (Å²) in [7, 11) is 1.85. The molecule has 134 valence electrons. The van der Waals surface area contributed by atoms with Gasteiger partial charge in [-0.2, -0.15) is 0 Å². The van der Waals surface area contributed by atoms with Gasteiger partial charge in [-0.3, -0.25) is 4.99 Å². The Morgan fingerprint density at radius 2 is 2.00 bits per heavy atom. The van der Waals surface area contributed by atoms with Crippen molar-refractivity contribution in [1.29, 1.82) is 0 Å². The molecule has 1 aliphatic heterocycles. The van der Waals surface area contributed by atoms with Crippen LogP contribution in [-0.4, -0.2) is 63.2 Å². The largest absolute Gasteiger partial charge is 0.369 e. The number of para-hydroxylation sites is 1. The van der Waals surface area contributed by atoms with Crippen LogP contribution < -0.4 is 15.5 Å². The minimum atomic E-state index is 0.458. The summed E-state index contributed by atoms with van der Waals surface area (Å²) in [6.45, 7) is 10.9. The van der Waals surface area contributed by atoms with Crippen LogP contribution in [0.15, 0.2) is 35.3 Å². The van der Waals surface area contributed by atoms with Gasteiger partial charge in [-0.25, -0.2) is 0 Å². The molecule has 24 heavy (non-hydrogen) atoms. The molecule has 1 saturated heterocycles. The van der Waals surface area contributed by atoms with Gasteiger partial charge in [0.15, 0.2) is 5.96 Å². The molecule has 1 aromatic carbocycles. The van der Waals surface area contributed by atoms with E-state index in [0.717, 1.165) is 58.1 Å². The number of benzene rings is 1. The second kappa shape index (κ2) is 10.2. The molecule has 5 heteroatoms. The molecule has 2 rings (SSSR count). The number of nitrogens with zero attached hydrogens (tertiary/aromatic N) is 3. The van der Waals surface area contributed by atoms with Gasteiger partial charge in [0.2, 0.25) is 0 Å². The normalized spacial score (nSPS) is 18.2. The zero-order chi connectivity index (χ0) is 17.2. The lowest BCUT2D eigenvalue weighted by molar-refractivity contribution is 0.300. The lowest BCUT2D eigenvalue weighted by atomic mass is 10.2. The molecule has 5 nitrogen and oxygen atoms in total. The maximum Gasteiger partial charge on any atom is 0.191 e. The lowest BCUT2D eigenvalue weighted by Gasteiger charge is -2.21. The van der Waals surface area contributed by atoms with Crippen LogP contribution >= 0.6 is 0 Å². The maximum atomic E-state index is 4.37. The standard InChI is InChI=1S/C19H33N5/c1-4-23(5-2)14-9-13-21-19(20-3)22-17-12-15-24(16-17)18-10-7-6-8-11-18/h6-8,10-11,17H,4-5,9,12-16H2,1-3H3,(H2,20,21,22). The summed E-state index contributed by atoms with van der Waals surface area (Å²) in [4.78, 5) is 9.26. The smallest absolute Gasteiger partial charge is 0.191 e. The van der Waals surface area contributed by atoms with E-state index in [9.17, 15) is 0 Å². The monoisotopic (exact) mass is 331 g/mol. The van der Waals surface area contributed by atoms with Crippen molar-refractivity contribution in [3.63, 3.8) is 0 Å². The van der Waals surface area contributed by atoms with Crippen molar-refractivity contribution in [1.82, 2.24) is 15.5 Å². The summed E-state index contributed by atoms with van der Waals surface area (Å²) in [5.74, 6) is 0.925. The summed E-state index contributed by atoms with van der Waals surface area (Å²) < 4.78 is 0. The third-order valence-electron chi connectivity index (χ3n) is 4.71. The van der Waals surface area contributed by atoms with Gasteiger partial charge in [0.1, 0.15) is 0 Å². The van der Waals surface area contributed by atoms with E-state index in [-0.39, 0.29) is 0 Å². The van der Waals surface area contributed by atoms with Crippen molar-refractivity contribution in [2.45, 2.75) is 32.7 Å². The lowest BCUT2D eigenvalue weighted by Crippen LogP contribution is -2.45. The van der Waals surface area contributed by atoms with E-state index < -0.39 is 0 Å². The predicted molar refractivity (Wildman–Crippen MR) is 104 cm³/mol. The minimum absolute atomic E-state index is 0.458. The Morgan fingerprint density at radius 1 is 1.25 bits per heavy atom. The highest BCUT2D eigenvalue weighted by Gasteiger charge is 2.23. The topological polar surface area (TPSA) is 42.9 Å². The van der Waals surface area contributed by atoms with Gasteiger partial charge >= 0.3 is 0 Å². The van der Waals surface area contributed by atoms with Crippen LogP contribution in [-0.2, 0) is 0 Å². The van der Waals surface area contributed by atoms with E-state index in [1.807, 2.05) is 7.05 Å². The molecule has 1 heterocycles. The molecule has 1 atom stereocenters. The van der Waals surface area contributed by atoms with Crippen LogP contribution in [0.5, 0.6) is 0 Å². The number of anilines is 1. The van der Waals surface area contributed by atoms with Gasteiger partial charge in [0.05, 0.1) is 0 Å². The molecule has 0 amide bonds. The predicted octanol–water partition coefficient (Wildman–Crippen LogP) is 2.16. The second-order valence-corrected chi connectivity index (χ2v) is 6.29. The van der Waals surface area contributed by atoms with E-state index in [1.54, 1.807) is 0 Å². The summed E-state index contributed by atoms with van der Waals surface area (Å²) >= 11 is 0. The Morgan fingerprint density at radius 3 is 2.67 bits per heavy atom. The fourth-order valence-electron chi connectivity index (χ4n) is 3.19. The first kappa shape index (κ1) is 18.6. The number of aliphatic imine (C=N–C) groups is 1. The molecule has 0 radical (unpaired) electrons. The quantitative estimate of drug-likeness (QED) is 0.435. The van der Waals surface area contributed by atoms with Crippen LogP contribution in [0, 0.1) is 0 Å². The first-order valence-electron chi connectivity index (χ1n) is 9.26. The molecule has 0 spiro atoms. The number of hydrogen-bond donors (Lipinski definition) is 2. The van der Waals surface area contributed by atoms with Crippen molar-refractivity contribution < 1.29 is 0 Å². The summed E-state index contributed by atoms with van der Waals surface area (Å²) in [6, 6.07) is 11.1. The fourth-order valence-corrected chi connectivity index (χ4v) is 3.19. The first-order chi connectivity index (χ1) is 11.8. The molecule has 0 bridgehead atoms. The Bertz CT molecular complexity index is 484. The first-order valence-corrected chi connectivity index (χ1v) is 9.26. The third-order valence-corrected chi connectivity index (χ3v) is 4.71. The van der Waals surface area contributed by atoms with Gasteiger partial charge in [0, 0.05) is 38.4 Å². The molecule has 1 fully saturated rings. The van der Waals surface area contributed by atoms with Gasteiger partial charge in [-0.05, 0) is 44.6 Å². The molecule has 1 aromatic rings. The molecule has 0 saturated carbocycles. The Labute approximate surface area is 147 Å². The van der Waals surface area contributed by atoms with Gasteiger partial charge in [-0.15, -0.1) is 0 Å². The number of guanidine groups is 1. The molecule has 2 N–H and O–H groups in total. The minimum Gasteiger partial charge on any atom is -0.369 e. The van der Waals surface area contributed by atoms with Crippen molar-refractivity contribution in [3.8, 4) is 0 Å². The highest BCUT2D eigenvalue weighted by Crippen LogP contribution is 2.19. The van der Waals surface area contributed by atoms with Gasteiger partial charge in [-0.1, -0.05) is 32.0 Å². The van der Waals surface area contributed by atoms with E-state index >= 15 is 0 Å². The van der Waals surface area contributed by atoms with Crippen molar-refractivity contribution >= 4 is 11.6 Å². The van der Waals surface area contributed by atoms with Crippen LogP contribution in [0.3, 0.4) is 0 Å². The highest BCUT2D eigenvalue weighted by molar-refractivity contribution is 5.80. The molecular weight excluding hydrogens is 298 g/mol. The van der Waals surface area contributed by atoms with E-state index in [2.05, 4.69) is 69.6 Å². The number of rotatable bonds is 8. The summed E-state index contributed by atoms with van der Waals surface area (Å²) in [6.07, 6.45) is 2.29. The number of nitrogens with one attached hydrogen (secondary N) is 2. The number of hydrogen-bond acceptors (Lipinski definition) is 3. The Balaban J connectivity index is 1.70. The molecule has 0 aliphatic carbocycles. The van der Waals surface area contributed by atoms with Crippen molar-refractivity contribution in [2.24, 2.45) is 4.99 Å². The van der Waals surface area contributed by atoms with E-state index in [4.69, 9.17) is 0 Å². The zero-order valence-corrected chi connectivity index (χ0v) is 15.5. The van der Waals surface area contributed by atoms with Crippen LogP contribution in [0.25, 0.3) is 0 Å². The Hall–Kier alpha value is -1.75. The molecule has 1 unspecified atom stereocenters. The second-order valence-electron chi connectivity index (χ2n) is 6.29. The van der Waals surface area contributed by atoms with Crippen LogP contribution in [0.4, 0.5) is 5.69 Å². The van der Waals surface area contributed by atoms with Crippen molar-refractivity contribution in [2.75, 3.05) is 51.2 Å². The van der Waals surface area contributed by atoms with Crippen molar-refractivity contribution in [3.05, 3.63) is 30.3 Å². The highest BCUT2D eigenvalue weighted by atomic mass is 15.2.